The maximum atomic E-state index is 12.8. The molecule has 1 rings (SSSR count). The molecule has 0 aliphatic rings. The minimum absolute atomic E-state index is 0.0728. The number of hydrogen-bond donors (Lipinski definition) is 1. The van der Waals surface area contributed by atoms with Crippen LogP contribution in [0.4, 0.5) is 13.2 Å². The van der Waals surface area contributed by atoms with Crippen LogP contribution in [-0.4, -0.2) is 16.1 Å². The summed E-state index contributed by atoms with van der Waals surface area (Å²) >= 11 is 1.48. The van der Waals surface area contributed by atoms with Crippen LogP contribution in [-0.2, 0) is 0 Å². The largest absolute Gasteiger partial charge is 0.478 e. The first-order chi connectivity index (χ1) is 6.43. The fourth-order valence-electron chi connectivity index (χ4n) is 0.783. The highest BCUT2D eigenvalue weighted by atomic mass is 127. The van der Waals surface area contributed by atoms with E-state index in [0.29, 0.717) is 0 Å². The van der Waals surface area contributed by atoms with Crippen molar-refractivity contribution in [3.8, 4) is 0 Å². The molecule has 0 aliphatic carbocycles. The Balaban J connectivity index is 3.31. The highest BCUT2D eigenvalue weighted by Gasteiger charge is 2.20. The SMILES string of the molecule is O=C(O)c1cc(I)c(C(F)F)nc1F. The predicted molar refractivity (Wildman–Crippen MR) is 48.8 cm³/mol. The summed E-state index contributed by atoms with van der Waals surface area (Å²) in [4.78, 5) is 13.3. The summed E-state index contributed by atoms with van der Waals surface area (Å²) < 4.78 is 37.1. The van der Waals surface area contributed by atoms with E-state index in [1.54, 1.807) is 0 Å². The number of aromatic nitrogens is 1. The summed E-state index contributed by atoms with van der Waals surface area (Å²) in [6.45, 7) is 0. The maximum absolute atomic E-state index is 12.8. The van der Waals surface area contributed by atoms with Crippen LogP contribution in [0.25, 0.3) is 0 Å². The van der Waals surface area contributed by atoms with E-state index < -0.39 is 29.6 Å². The van der Waals surface area contributed by atoms with E-state index >= 15 is 0 Å². The van der Waals surface area contributed by atoms with Crippen molar-refractivity contribution in [1.82, 2.24) is 4.98 Å². The molecule has 0 saturated heterocycles. The first-order valence-corrected chi connectivity index (χ1v) is 4.38. The third-order valence-electron chi connectivity index (χ3n) is 1.39. The lowest BCUT2D eigenvalue weighted by atomic mass is 10.2. The molecule has 0 bridgehead atoms. The van der Waals surface area contributed by atoms with Gasteiger partial charge in [-0.15, -0.1) is 0 Å². The van der Waals surface area contributed by atoms with Crippen molar-refractivity contribution in [3.05, 3.63) is 26.8 Å². The van der Waals surface area contributed by atoms with Crippen molar-refractivity contribution >= 4 is 28.6 Å². The monoisotopic (exact) mass is 317 g/mol. The Morgan fingerprint density at radius 2 is 2.14 bits per heavy atom. The lowest BCUT2D eigenvalue weighted by Crippen LogP contribution is -2.07. The van der Waals surface area contributed by atoms with Crippen LogP contribution in [0.15, 0.2) is 6.07 Å². The van der Waals surface area contributed by atoms with Gasteiger partial charge in [-0.25, -0.2) is 18.6 Å². The van der Waals surface area contributed by atoms with Gasteiger partial charge in [0.05, 0.1) is 0 Å². The number of carbonyl (C=O) groups is 1. The zero-order valence-electron chi connectivity index (χ0n) is 6.47. The second-order valence-corrected chi connectivity index (χ2v) is 3.46. The van der Waals surface area contributed by atoms with Gasteiger partial charge in [0.15, 0.2) is 0 Å². The highest BCUT2D eigenvalue weighted by Crippen LogP contribution is 2.24. The van der Waals surface area contributed by atoms with E-state index in [-0.39, 0.29) is 3.57 Å². The Morgan fingerprint density at radius 1 is 1.57 bits per heavy atom. The summed E-state index contributed by atoms with van der Waals surface area (Å²) in [5, 5.41) is 8.45. The first kappa shape index (κ1) is 11.2. The van der Waals surface area contributed by atoms with Crippen molar-refractivity contribution in [1.29, 1.82) is 0 Å². The van der Waals surface area contributed by atoms with E-state index in [1.807, 2.05) is 0 Å². The molecule has 1 heterocycles. The van der Waals surface area contributed by atoms with Crippen LogP contribution in [0.5, 0.6) is 0 Å². The second kappa shape index (κ2) is 4.11. The van der Waals surface area contributed by atoms with E-state index in [1.165, 1.54) is 22.6 Å². The molecular formula is C7H3F3INO2. The van der Waals surface area contributed by atoms with Gasteiger partial charge < -0.3 is 5.11 Å². The number of aromatic carboxylic acids is 1. The van der Waals surface area contributed by atoms with E-state index in [0.717, 1.165) is 6.07 Å². The molecule has 7 heteroatoms. The predicted octanol–water partition coefficient (Wildman–Crippen LogP) is 2.46. The summed E-state index contributed by atoms with van der Waals surface area (Å²) in [5.41, 5.74) is -1.45. The molecule has 0 unspecified atom stereocenters. The average Bonchev–Trinajstić information content (AvgIpc) is 2.07. The number of halogens is 4. The molecule has 0 saturated carbocycles. The Morgan fingerprint density at radius 3 is 2.57 bits per heavy atom. The molecule has 14 heavy (non-hydrogen) atoms. The molecule has 76 valence electrons. The maximum Gasteiger partial charge on any atom is 0.340 e. The standard InChI is InChI=1S/C7H3F3INO2/c8-5(9)4-3(11)1-2(7(13)14)6(10)12-4/h1,5H,(H,13,14). The van der Waals surface area contributed by atoms with Crippen LogP contribution in [0, 0.1) is 9.52 Å². The summed E-state index contributed by atoms with van der Waals surface area (Å²) in [6, 6.07) is 0.826. The average molecular weight is 317 g/mol. The normalized spacial score (nSPS) is 10.6. The molecule has 3 nitrogen and oxygen atoms in total. The van der Waals surface area contributed by atoms with Crippen molar-refractivity contribution in [2.45, 2.75) is 6.43 Å². The van der Waals surface area contributed by atoms with Gasteiger partial charge in [0.2, 0.25) is 5.95 Å². The summed E-state index contributed by atoms with van der Waals surface area (Å²) in [6.07, 6.45) is -2.92. The Kier molecular flexibility index (Phi) is 3.29. The lowest BCUT2D eigenvalue weighted by Gasteiger charge is -2.04. The third-order valence-corrected chi connectivity index (χ3v) is 2.26. The van der Waals surface area contributed by atoms with Gasteiger partial charge in [-0.3, -0.25) is 0 Å². The molecular weight excluding hydrogens is 314 g/mol. The van der Waals surface area contributed by atoms with Gasteiger partial charge in [0, 0.05) is 3.57 Å². The number of carboxylic acids is 1. The lowest BCUT2D eigenvalue weighted by molar-refractivity contribution is 0.0689. The number of hydrogen-bond acceptors (Lipinski definition) is 2. The molecule has 0 radical (unpaired) electrons. The number of nitrogens with zero attached hydrogens (tertiary/aromatic N) is 1. The van der Waals surface area contributed by atoms with Crippen molar-refractivity contribution < 1.29 is 23.1 Å². The summed E-state index contributed by atoms with van der Waals surface area (Å²) in [7, 11) is 0. The molecule has 1 N–H and O–H groups in total. The molecule has 0 fully saturated rings. The van der Waals surface area contributed by atoms with Crippen LogP contribution in [0.1, 0.15) is 22.5 Å². The minimum Gasteiger partial charge on any atom is -0.478 e. The first-order valence-electron chi connectivity index (χ1n) is 3.31. The molecule has 1 aromatic heterocycles. The van der Waals surface area contributed by atoms with Crippen LogP contribution >= 0.6 is 22.6 Å². The van der Waals surface area contributed by atoms with Gasteiger partial charge in [-0.05, 0) is 28.7 Å². The Bertz CT molecular complexity index is 383. The fraction of sp³-hybridized carbons (Fsp3) is 0.143. The van der Waals surface area contributed by atoms with Crippen LogP contribution < -0.4 is 0 Å². The van der Waals surface area contributed by atoms with E-state index in [2.05, 4.69) is 4.98 Å². The minimum atomic E-state index is -2.92. The van der Waals surface area contributed by atoms with Crippen LogP contribution in [0.2, 0.25) is 0 Å². The zero-order valence-corrected chi connectivity index (χ0v) is 8.63. The third kappa shape index (κ3) is 2.14. The molecule has 0 amide bonds. The smallest absolute Gasteiger partial charge is 0.340 e. The number of pyridine rings is 1. The Labute approximate surface area is 90.1 Å². The molecule has 0 aliphatic heterocycles. The van der Waals surface area contributed by atoms with Crippen molar-refractivity contribution in [2.24, 2.45) is 0 Å². The quantitative estimate of drug-likeness (QED) is 0.673. The van der Waals surface area contributed by atoms with E-state index in [9.17, 15) is 18.0 Å². The molecule has 0 atom stereocenters. The van der Waals surface area contributed by atoms with Crippen molar-refractivity contribution in [3.63, 3.8) is 0 Å². The van der Waals surface area contributed by atoms with Gasteiger partial charge in [-0.1, -0.05) is 0 Å². The zero-order chi connectivity index (χ0) is 10.9. The van der Waals surface area contributed by atoms with Gasteiger partial charge >= 0.3 is 5.97 Å². The Hall–Kier alpha value is -0.860. The summed E-state index contributed by atoms with van der Waals surface area (Å²) in [5.74, 6) is -2.93. The number of alkyl halides is 2. The number of carboxylic acid groups (broad SMARTS) is 1. The fourth-order valence-corrected chi connectivity index (χ4v) is 1.45. The molecule has 1 aromatic rings. The number of rotatable bonds is 2. The molecule has 0 spiro atoms. The van der Waals surface area contributed by atoms with Gasteiger partial charge in [0.1, 0.15) is 11.3 Å². The molecule has 0 aromatic carbocycles. The van der Waals surface area contributed by atoms with Crippen molar-refractivity contribution in [2.75, 3.05) is 0 Å². The van der Waals surface area contributed by atoms with Crippen LogP contribution in [0.3, 0.4) is 0 Å². The topological polar surface area (TPSA) is 50.2 Å². The van der Waals surface area contributed by atoms with Gasteiger partial charge in [-0.2, -0.15) is 4.39 Å². The van der Waals surface area contributed by atoms with Gasteiger partial charge in [0.25, 0.3) is 6.43 Å². The highest BCUT2D eigenvalue weighted by molar-refractivity contribution is 14.1. The van der Waals surface area contributed by atoms with E-state index in [4.69, 9.17) is 5.11 Å². The second-order valence-electron chi connectivity index (χ2n) is 2.30.